The topological polar surface area (TPSA) is 114 Å². The zero-order valence-corrected chi connectivity index (χ0v) is 19.4. The second kappa shape index (κ2) is 8.34. The first-order chi connectivity index (χ1) is 14.7. The molecule has 1 saturated heterocycles. The summed E-state index contributed by atoms with van der Waals surface area (Å²) in [6.07, 6.45) is 1.74. The van der Waals surface area contributed by atoms with E-state index in [0.717, 1.165) is 35.7 Å². The van der Waals surface area contributed by atoms with Crippen molar-refractivity contribution in [1.82, 2.24) is 29.1 Å². The summed E-state index contributed by atoms with van der Waals surface area (Å²) in [6.45, 7) is 9.79. The van der Waals surface area contributed by atoms with E-state index in [1.165, 1.54) is 0 Å². The van der Waals surface area contributed by atoms with Crippen LogP contribution < -0.4 is 0 Å². The Morgan fingerprint density at radius 3 is 2.45 bits per heavy atom. The summed E-state index contributed by atoms with van der Waals surface area (Å²) in [5, 5.41) is 12.3. The number of carbonyl (C=O) groups is 1. The van der Waals surface area contributed by atoms with E-state index in [2.05, 4.69) is 19.9 Å². The van der Waals surface area contributed by atoms with Crippen molar-refractivity contribution in [1.29, 1.82) is 0 Å². The molecule has 0 spiro atoms. The van der Waals surface area contributed by atoms with Gasteiger partial charge in [-0.05, 0) is 40.5 Å². The maximum Gasteiger partial charge on any atom is 0.227 e. The van der Waals surface area contributed by atoms with Crippen molar-refractivity contribution in [3.63, 3.8) is 0 Å². The van der Waals surface area contributed by atoms with Gasteiger partial charge in [-0.15, -0.1) is 10.2 Å². The highest BCUT2D eigenvalue weighted by atomic mass is 32.2. The zero-order chi connectivity index (χ0) is 22.3. The van der Waals surface area contributed by atoms with Crippen LogP contribution >= 0.6 is 0 Å². The number of nitrogens with zero attached hydrogens (tertiary/aromatic N) is 6. The maximum absolute atomic E-state index is 12.8. The van der Waals surface area contributed by atoms with Gasteiger partial charge in [0.15, 0.2) is 5.82 Å². The predicted molar refractivity (Wildman–Crippen MR) is 113 cm³/mol. The van der Waals surface area contributed by atoms with Crippen molar-refractivity contribution < 1.29 is 17.7 Å². The molecule has 2 aromatic heterocycles. The van der Waals surface area contributed by atoms with Crippen LogP contribution in [0.3, 0.4) is 0 Å². The molecule has 4 heterocycles. The van der Waals surface area contributed by atoms with Crippen molar-refractivity contribution in [2.45, 2.75) is 71.2 Å². The molecule has 0 saturated carbocycles. The molecule has 2 aliphatic rings. The van der Waals surface area contributed by atoms with Gasteiger partial charge >= 0.3 is 0 Å². The van der Waals surface area contributed by atoms with Crippen LogP contribution in [0.5, 0.6) is 0 Å². The highest BCUT2D eigenvalue weighted by molar-refractivity contribution is 7.89. The standard InChI is InChI=1S/C20H30N6O4S/c1-13(2)31(28,29)25-7-5-16(6-8-25)20-22-21-18-12-24(9-10-26(18)20)19(27)11-17-14(3)23-30-15(17)4/h13,16H,5-12H2,1-4H3. The number of aromatic nitrogens is 4. The lowest BCUT2D eigenvalue weighted by Crippen LogP contribution is -2.42. The summed E-state index contributed by atoms with van der Waals surface area (Å²) < 4.78 is 33.7. The van der Waals surface area contributed by atoms with Gasteiger partial charge in [-0.2, -0.15) is 0 Å². The summed E-state index contributed by atoms with van der Waals surface area (Å²) in [7, 11) is -3.22. The molecule has 1 fully saturated rings. The zero-order valence-electron chi connectivity index (χ0n) is 18.5. The van der Waals surface area contributed by atoms with Gasteiger partial charge in [0.05, 0.1) is 23.9 Å². The fourth-order valence-corrected chi connectivity index (χ4v) is 5.70. The van der Waals surface area contributed by atoms with Crippen LogP contribution in [0.2, 0.25) is 0 Å². The Labute approximate surface area is 182 Å². The average Bonchev–Trinajstić information content (AvgIpc) is 3.31. The lowest BCUT2D eigenvalue weighted by molar-refractivity contribution is -0.132. The Hall–Kier alpha value is -2.27. The van der Waals surface area contributed by atoms with Crippen LogP contribution in [-0.4, -0.2) is 68.3 Å². The van der Waals surface area contributed by atoms with Gasteiger partial charge in [0.1, 0.15) is 11.6 Å². The summed E-state index contributed by atoms with van der Waals surface area (Å²) in [6, 6.07) is 0. The molecule has 4 rings (SSSR count). The number of hydrogen-bond donors (Lipinski definition) is 0. The number of aryl methyl sites for hydroxylation is 2. The fourth-order valence-electron chi connectivity index (χ4n) is 4.38. The van der Waals surface area contributed by atoms with E-state index in [1.807, 2.05) is 13.8 Å². The molecule has 11 heteroatoms. The molecule has 170 valence electrons. The van der Waals surface area contributed by atoms with Gasteiger partial charge in [-0.1, -0.05) is 5.16 Å². The van der Waals surface area contributed by atoms with E-state index in [1.54, 1.807) is 23.1 Å². The number of piperidine rings is 1. The maximum atomic E-state index is 12.8. The lowest BCUT2D eigenvalue weighted by atomic mass is 9.97. The Bertz CT molecular complexity index is 1050. The SMILES string of the molecule is Cc1noc(C)c1CC(=O)N1CCn2c(nnc2C2CCN(S(=O)(=O)C(C)C)CC2)C1. The number of hydrogen-bond acceptors (Lipinski definition) is 7. The van der Waals surface area contributed by atoms with Gasteiger partial charge in [0.2, 0.25) is 15.9 Å². The summed E-state index contributed by atoms with van der Waals surface area (Å²) in [5.41, 5.74) is 1.60. The minimum absolute atomic E-state index is 0.0254. The molecule has 31 heavy (non-hydrogen) atoms. The van der Waals surface area contributed by atoms with Crippen LogP contribution in [-0.2, 0) is 34.3 Å². The van der Waals surface area contributed by atoms with E-state index in [9.17, 15) is 13.2 Å². The smallest absolute Gasteiger partial charge is 0.227 e. The highest BCUT2D eigenvalue weighted by Crippen LogP contribution is 2.30. The van der Waals surface area contributed by atoms with Gasteiger partial charge < -0.3 is 14.0 Å². The molecule has 0 aliphatic carbocycles. The minimum Gasteiger partial charge on any atom is -0.361 e. The van der Waals surface area contributed by atoms with E-state index < -0.39 is 15.3 Å². The Kier molecular flexibility index (Phi) is 5.91. The van der Waals surface area contributed by atoms with E-state index in [0.29, 0.717) is 38.5 Å². The average molecular weight is 451 g/mol. The number of fused-ring (bicyclic) bond motifs is 1. The third-order valence-electron chi connectivity index (χ3n) is 6.42. The molecule has 2 aliphatic heterocycles. The first-order valence-corrected chi connectivity index (χ1v) is 12.3. The second-order valence-electron chi connectivity index (χ2n) is 8.69. The summed E-state index contributed by atoms with van der Waals surface area (Å²) in [4.78, 5) is 14.6. The first kappa shape index (κ1) is 21.9. The normalized spacial score (nSPS) is 18.5. The number of amides is 1. The lowest BCUT2D eigenvalue weighted by Gasteiger charge is -2.33. The highest BCUT2D eigenvalue weighted by Gasteiger charge is 2.34. The molecular weight excluding hydrogens is 420 g/mol. The van der Waals surface area contributed by atoms with Crippen LogP contribution in [0.15, 0.2) is 4.52 Å². The van der Waals surface area contributed by atoms with Gasteiger partial charge in [0, 0.05) is 37.7 Å². The van der Waals surface area contributed by atoms with Gasteiger partial charge in [-0.25, -0.2) is 12.7 Å². The van der Waals surface area contributed by atoms with Gasteiger partial charge in [-0.3, -0.25) is 4.79 Å². The fraction of sp³-hybridized carbons (Fsp3) is 0.700. The van der Waals surface area contributed by atoms with Crippen molar-refractivity contribution in [2.75, 3.05) is 19.6 Å². The second-order valence-corrected chi connectivity index (χ2v) is 11.2. The van der Waals surface area contributed by atoms with Crippen LogP contribution in [0.1, 0.15) is 61.3 Å². The predicted octanol–water partition coefficient (Wildman–Crippen LogP) is 1.39. The molecule has 0 radical (unpaired) electrons. The molecule has 0 unspecified atom stereocenters. The van der Waals surface area contributed by atoms with Crippen molar-refractivity contribution >= 4 is 15.9 Å². The van der Waals surface area contributed by atoms with Crippen molar-refractivity contribution in [2.24, 2.45) is 0 Å². The molecule has 0 aromatic carbocycles. The Balaban J connectivity index is 1.40. The third-order valence-corrected chi connectivity index (χ3v) is 8.69. The molecular formula is C20H30N6O4S. The molecule has 0 N–H and O–H groups in total. The minimum atomic E-state index is -3.22. The Morgan fingerprint density at radius 1 is 1.13 bits per heavy atom. The molecule has 0 atom stereocenters. The van der Waals surface area contributed by atoms with Crippen molar-refractivity contribution in [3.8, 4) is 0 Å². The number of carbonyl (C=O) groups excluding carboxylic acids is 1. The van der Waals surface area contributed by atoms with E-state index >= 15 is 0 Å². The van der Waals surface area contributed by atoms with Crippen LogP contribution in [0.25, 0.3) is 0 Å². The molecule has 2 aromatic rings. The third kappa shape index (κ3) is 4.12. The van der Waals surface area contributed by atoms with E-state index in [4.69, 9.17) is 4.52 Å². The summed E-state index contributed by atoms with van der Waals surface area (Å²) >= 11 is 0. The molecule has 1 amide bonds. The first-order valence-electron chi connectivity index (χ1n) is 10.8. The quantitative estimate of drug-likeness (QED) is 0.676. The van der Waals surface area contributed by atoms with Crippen LogP contribution in [0, 0.1) is 13.8 Å². The van der Waals surface area contributed by atoms with Crippen molar-refractivity contribution in [3.05, 3.63) is 28.7 Å². The molecule has 10 nitrogen and oxygen atoms in total. The number of rotatable bonds is 5. The monoisotopic (exact) mass is 450 g/mol. The summed E-state index contributed by atoms with van der Waals surface area (Å²) in [5.74, 6) is 2.58. The van der Waals surface area contributed by atoms with E-state index in [-0.39, 0.29) is 18.2 Å². The molecule has 0 bridgehead atoms. The Morgan fingerprint density at radius 2 is 1.84 bits per heavy atom. The number of sulfonamides is 1. The van der Waals surface area contributed by atoms with Gasteiger partial charge in [0.25, 0.3) is 0 Å². The van der Waals surface area contributed by atoms with Crippen LogP contribution in [0.4, 0.5) is 0 Å². The largest absolute Gasteiger partial charge is 0.361 e.